The highest BCUT2D eigenvalue weighted by Crippen LogP contribution is 2.34. The zero-order chi connectivity index (χ0) is 18.5. The largest absolute Gasteiger partial charge is 0.497 e. The van der Waals surface area contributed by atoms with Crippen LogP contribution in [0.25, 0.3) is 0 Å². The molecule has 1 aromatic heterocycles. The van der Waals surface area contributed by atoms with Crippen molar-refractivity contribution in [2.75, 3.05) is 38.8 Å². The van der Waals surface area contributed by atoms with Crippen molar-refractivity contribution in [1.29, 1.82) is 0 Å². The van der Waals surface area contributed by atoms with Crippen LogP contribution in [-0.2, 0) is 11.3 Å². The van der Waals surface area contributed by atoms with Crippen LogP contribution in [0.1, 0.15) is 5.76 Å². The third kappa shape index (κ3) is 3.74. The lowest BCUT2D eigenvalue weighted by atomic mass is 10.2. The van der Waals surface area contributed by atoms with Gasteiger partial charge < -0.3 is 24.1 Å². The number of carbonyl (C=O) groups excluding carboxylic acids is 2. The zero-order valence-corrected chi connectivity index (χ0v) is 14.7. The van der Waals surface area contributed by atoms with E-state index >= 15 is 0 Å². The Bertz CT molecular complexity index is 775. The molecular weight excluding hydrogens is 338 g/mol. The van der Waals surface area contributed by atoms with Crippen molar-refractivity contribution in [3.63, 3.8) is 0 Å². The second-order valence-corrected chi connectivity index (χ2v) is 5.75. The van der Waals surface area contributed by atoms with Crippen LogP contribution in [0.5, 0.6) is 11.5 Å². The van der Waals surface area contributed by atoms with Gasteiger partial charge in [-0.15, -0.1) is 0 Å². The topological polar surface area (TPSA) is 84.2 Å². The maximum atomic E-state index is 12.7. The Kier molecular flexibility index (Phi) is 5.31. The van der Waals surface area contributed by atoms with Crippen LogP contribution in [0.2, 0.25) is 0 Å². The average Bonchev–Trinajstić information content (AvgIpc) is 3.30. The maximum absolute atomic E-state index is 12.7. The van der Waals surface area contributed by atoms with Gasteiger partial charge in [-0.1, -0.05) is 0 Å². The third-order valence-corrected chi connectivity index (χ3v) is 4.15. The number of nitrogens with zero attached hydrogens (tertiary/aromatic N) is 2. The van der Waals surface area contributed by atoms with Gasteiger partial charge >= 0.3 is 6.03 Å². The smallest absolute Gasteiger partial charge is 0.325 e. The highest BCUT2D eigenvalue weighted by Gasteiger charge is 2.32. The normalized spacial score (nSPS) is 13.8. The number of hydrogen-bond donors (Lipinski definition) is 1. The van der Waals surface area contributed by atoms with E-state index in [0.29, 0.717) is 42.6 Å². The monoisotopic (exact) mass is 359 g/mol. The summed E-state index contributed by atoms with van der Waals surface area (Å²) >= 11 is 0. The first-order valence-corrected chi connectivity index (χ1v) is 8.20. The van der Waals surface area contributed by atoms with Gasteiger partial charge in [0.15, 0.2) is 0 Å². The first-order chi connectivity index (χ1) is 12.6. The van der Waals surface area contributed by atoms with E-state index < -0.39 is 0 Å². The van der Waals surface area contributed by atoms with E-state index in [2.05, 4.69) is 5.32 Å². The summed E-state index contributed by atoms with van der Waals surface area (Å²) in [6, 6.07) is 8.55. The molecule has 0 bridgehead atoms. The molecule has 0 saturated carbocycles. The second kappa shape index (κ2) is 7.81. The molecule has 0 spiro atoms. The molecule has 1 aliphatic heterocycles. The molecule has 0 unspecified atom stereocenters. The predicted molar refractivity (Wildman–Crippen MR) is 94.4 cm³/mol. The summed E-state index contributed by atoms with van der Waals surface area (Å²) in [5.41, 5.74) is 0.621. The van der Waals surface area contributed by atoms with Crippen LogP contribution < -0.4 is 19.7 Å². The van der Waals surface area contributed by atoms with Crippen molar-refractivity contribution in [2.45, 2.75) is 6.54 Å². The van der Waals surface area contributed by atoms with Gasteiger partial charge in [0, 0.05) is 19.2 Å². The zero-order valence-electron chi connectivity index (χ0n) is 14.7. The summed E-state index contributed by atoms with van der Waals surface area (Å²) in [6.07, 6.45) is 1.55. The van der Waals surface area contributed by atoms with Crippen molar-refractivity contribution < 1.29 is 23.5 Å². The van der Waals surface area contributed by atoms with Gasteiger partial charge in [0.2, 0.25) is 5.91 Å². The lowest BCUT2D eigenvalue weighted by Crippen LogP contribution is -2.39. The van der Waals surface area contributed by atoms with Crippen LogP contribution in [0.15, 0.2) is 41.0 Å². The summed E-state index contributed by atoms with van der Waals surface area (Å²) in [4.78, 5) is 27.9. The number of rotatable bonds is 7. The minimum Gasteiger partial charge on any atom is -0.497 e. The van der Waals surface area contributed by atoms with Gasteiger partial charge in [0.1, 0.15) is 23.8 Å². The summed E-state index contributed by atoms with van der Waals surface area (Å²) in [6.45, 7) is 1.20. The first-order valence-electron chi connectivity index (χ1n) is 8.20. The molecule has 1 fully saturated rings. The molecule has 2 aromatic rings. The molecule has 8 heteroatoms. The molecule has 3 rings (SSSR count). The highest BCUT2D eigenvalue weighted by molar-refractivity contribution is 5.97. The number of benzene rings is 1. The Morgan fingerprint density at radius 2 is 2.08 bits per heavy atom. The van der Waals surface area contributed by atoms with E-state index in [9.17, 15) is 9.59 Å². The van der Waals surface area contributed by atoms with E-state index in [1.807, 2.05) is 0 Å². The number of furan rings is 1. The fraction of sp³-hybridized carbons (Fsp3) is 0.333. The molecule has 1 saturated heterocycles. The van der Waals surface area contributed by atoms with Crippen molar-refractivity contribution in [3.8, 4) is 11.5 Å². The van der Waals surface area contributed by atoms with Gasteiger partial charge in [0.05, 0.1) is 32.7 Å². The lowest BCUT2D eigenvalue weighted by Gasteiger charge is -2.21. The molecule has 0 radical (unpaired) electrons. The fourth-order valence-electron chi connectivity index (χ4n) is 2.79. The molecule has 2 heterocycles. The fourth-order valence-corrected chi connectivity index (χ4v) is 2.79. The minimum atomic E-state index is -0.246. The molecule has 138 valence electrons. The van der Waals surface area contributed by atoms with Crippen LogP contribution in [0, 0.1) is 0 Å². The second-order valence-electron chi connectivity index (χ2n) is 5.75. The van der Waals surface area contributed by atoms with Gasteiger partial charge in [-0.25, -0.2) is 4.79 Å². The highest BCUT2D eigenvalue weighted by atomic mass is 16.5. The number of amides is 3. The van der Waals surface area contributed by atoms with E-state index in [1.54, 1.807) is 55.7 Å². The number of urea groups is 1. The van der Waals surface area contributed by atoms with Crippen LogP contribution >= 0.6 is 0 Å². The average molecular weight is 359 g/mol. The van der Waals surface area contributed by atoms with E-state index in [-0.39, 0.29) is 18.5 Å². The summed E-state index contributed by atoms with van der Waals surface area (Å²) in [5.74, 6) is 1.62. The Hall–Kier alpha value is -3.16. The van der Waals surface area contributed by atoms with Gasteiger partial charge in [-0.05, 0) is 24.3 Å². The van der Waals surface area contributed by atoms with Crippen molar-refractivity contribution in [1.82, 2.24) is 10.2 Å². The lowest BCUT2D eigenvalue weighted by molar-refractivity contribution is -0.121. The Balaban J connectivity index is 1.63. The van der Waals surface area contributed by atoms with E-state index in [1.165, 1.54) is 4.90 Å². The van der Waals surface area contributed by atoms with E-state index in [0.717, 1.165) is 0 Å². The Morgan fingerprint density at radius 1 is 1.23 bits per heavy atom. The maximum Gasteiger partial charge on any atom is 0.325 e. The Morgan fingerprint density at radius 3 is 2.77 bits per heavy atom. The Labute approximate surface area is 151 Å². The molecule has 0 aliphatic carbocycles. The predicted octanol–water partition coefficient (Wildman–Crippen LogP) is 1.86. The van der Waals surface area contributed by atoms with Gasteiger partial charge in [-0.3, -0.25) is 9.69 Å². The molecule has 26 heavy (non-hydrogen) atoms. The van der Waals surface area contributed by atoms with E-state index in [4.69, 9.17) is 13.9 Å². The first kappa shape index (κ1) is 17.7. The number of ether oxygens (including phenoxy) is 2. The molecule has 8 nitrogen and oxygen atoms in total. The molecular formula is C18H21N3O5. The third-order valence-electron chi connectivity index (χ3n) is 4.15. The SMILES string of the molecule is COc1ccc(OC)c(N2CCN(CC(=O)NCc3ccco3)C2=O)c1. The molecule has 1 N–H and O–H groups in total. The summed E-state index contributed by atoms with van der Waals surface area (Å²) < 4.78 is 15.7. The number of hydrogen-bond acceptors (Lipinski definition) is 5. The van der Waals surface area contributed by atoms with Crippen LogP contribution in [0.3, 0.4) is 0 Å². The van der Waals surface area contributed by atoms with Gasteiger partial charge in [0.25, 0.3) is 0 Å². The molecule has 1 aromatic carbocycles. The molecule has 1 aliphatic rings. The van der Waals surface area contributed by atoms with Crippen molar-refractivity contribution in [3.05, 3.63) is 42.4 Å². The molecule has 0 atom stereocenters. The standard InChI is InChI=1S/C18H21N3O5/c1-24-13-5-6-16(25-2)15(10-13)21-8-7-20(18(21)23)12-17(22)19-11-14-4-3-9-26-14/h3-6,9-10H,7-8,11-12H2,1-2H3,(H,19,22). The van der Waals surface area contributed by atoms with Crippen molar-refractivity contribution >= 4 is 17.6 Å². The summed E-state index contributed by atoms with van der Waals surface area (Å²) in [7, 11) is 3.11. The quantitative estimate of drug-likeness (QED) is 0.816. The number of nitrogens with one attached hydrogen (secondary N) is 1. The van der Waals surface area contributed by atoms with Crippen LogP contribution in [-0.4, -0.2) is 50.7 Å². The minimum absolute atomic E-state index is 0.0116. The van der Waals surface area contributed by atoms with Crippen molar-refractivity contribution in [2.24, 2.45) is 0 Å². The number of methoxy groups -OCH3 is 2. The number of carbonyl (C=O) groups is 2. The molecule has 3 amide bonds. The van der Waals surface area contributed by atoms with Gasteiger partial charge in [-0.2, -0.15) is 0 Å². The summed E-state index contributed by atoms with van der Waals surface area (Å²) in [5, 5.41) is 2.74. The number of anilines is 1. The van der Waals surface area contributed by atoms with Crippen LogP contribution in [0.4, 0.5) is 10.5 Å².